The SMILES string of the molecule is CC(=O)[C@@H]1CC2C([C@H]2C)N1C. The number of rotatable bonds is 1. The van der Waals surface area contributed by atoms with E-state index in [1.807, 2.05) is 0 Å². The van der Waals surface area contributed by atoms with Crippen LogP contribution in [0, 0.1) is 11.8 Å². The molecule has 0 spiro atoms. The van der Waals surface area contributed by atoms with Gasteiger partial charge in [0.15, 0.2) is 0 Å². The van der Waals surface area contributed by atoms with Gasteiger partial charge in [0, 0.05) is 6.04 Å². The number of fused-ring (bicyclic) bond motifs is 1. The fourth-order valence-electron chi connectivity index (χ4n) is 2.63. The Labute approximate surface area is 67.6 Å². The summed E-state index contributed by atoms with van der Waals surface area (Å²) < 4.78 is 0. The lowest BCUT2D eigenvalue weighted by molar-refractivity contribution is -0.121. The predicted molar refractivity (Wildman–Crippen MR) is 43.3 cm³/mol. The fraction of sp³-hybridized carbons (Fsp3) is 0.889. The van der Waals surface area contributed by atoms with Gasteiger partial charge in [-0.2, -0.15) is 0 Å². The smallest absolute Gasteiger partial charge is 0.146 e. The Hall–Kier alpha value is -0.370. The lowest BCUT2D eigenvalue weighted by atomic mass is 10.1. The number of Topliss-reactive ketones (excluding diaryl/α,β-unsaturated/α-hetero) is 1. The molecule has 0 N–H and O–H groups in total. The summed E-state index contributed by atoms with van der Waals surface area (Å²) in [5.74, 6) is 2.01. The second kappa shape index (κ2) is 2.07. The molecule has 1 aliphatic carbocycles. The van der Waals surface area contributed by atoms with E-state index in [1.54, 1.807) is 6.92 Å². The Balaban J connectivity index is 2.06. The molecule has 2 aliphatic rings. The highest BCUT2D eigenvalue weighted by Gasteiger charge is 2.57. The molecule has 0 aromatic rings. The van der Waals surface area contributed by atoms with Gasteiger partial charge in [0.05, 0.1) is 6.04 Å². The minimum absolute atomic E-state index is 0.237. The van der Waals surface area contributed by atoms with E-state index in [0.29, 0.717) is 5.78 Å². The third-order valence-electron chi connectivity index (χ3n) is 3.44. The van der Waals surface area contributed by atoms with Crippen molar-refractivity contribution in [3.05, 3.63) is 0 Å². The maximum absolute atomic E-state index is 11.1. The molecule has 1 saturated heterocycles. The van der Waals surface area contributed by atoms with Crippen molar-refractivity contribution in [1.29, 1.82) is 0 Å². The van der Waals surface area contributed by atoms with Gasteiger partial charge >= 0.3 is 0 Å². The van der Waals surface area contributed by atoms with Gasteiger partial charge in [-0.05, 0) is 32.2 Å². The molecule has 1 heterocycles. The molecule has 62 valence electrons. The topological polar surface area (TPSA) is 20.3 Å². The Kier molecular flexibility index (Phi) is 1.37. The summed E-state index contributed by atoms with van der Waals surface area (Å²) in [7, 11) is 2.08. The minimum Gasteiger partial charge on any atom is -0.298 e. The number of likely N-dealkylation sites (N-methyl/N-ethyl adjacent to an activating group) is 1. The van der Waals surface area contributed by atoms with Gasteiger partial charge < -0.3 is 0 Å². The molecule has 0 amide bonds. The van der Waals surface area contributed by atoms with E-state index in [4.69, 9.17) is 0 Å². The molecule has 2 rings (SSSR count). The largest absolute Gasteiger partial charge is 0.298 e. The quantitative estimate of drug-likeness (QED) is 0.558. The van der Waals surface area contributed by atoms with Gasteiger partial charge in [-0.15, -0.1) is 0 Å². The molecule has 1 aliphatic heterocycles. The molecule has 0 radical (unpaired) electrons. The van der Waals surface area contributed by atoms with Crippen LogP contribution in [0.25, 0.3) is 0 Å². The van der Waals surface area contributed by atoms with E-state index in [0.717, 1.165) is 24.3 Å². The molecule has 2 unspecified atom stereocenters. The summed E-state index contributed by atoms with van der Waals surface area (Å²) >= 11 is 0. The van der Waals surface area contributed by atoms with E-state index < -0.39 is 0 Å². The molecule has 1 saturated carbocycles. The van der Waals surface area contributed by atoms with Gasteiger partial charge in [0.25, 0.3) is 0 Å². The molecule has 2 heteroatoms. The molecule has 0 aromatic heterocycles. The van der Waals surface area contributed by atoms with Gasteiger partial charge in [-0.1, -0.05) is 6.92 Å². The van der Waals surface area contributed by atoms with Crippen LogP contribution in [0.15, 0.2) is 0 Å². The Morgan fingerprint density at radius 1 is 1.55 bits per heavy atom. The highest BCUT2D eigenvalue weighted by atomic mass is 16.1. The summed E-state index contributed by atoms with van der Waals surface area (Å²) in [4.78, 5) is 13.3. The maximum atomic E-state index is 11.1. The van der Waals surface area contributed by atoms with Crippen LogP contribution in [-0.2, 0) is 4.79 Å². The van der Waals surface area contributed by atoms with Gasteiger partial charge in [0.2, 0.25) is 0 Å². The van der Waals surface area contributed by atoms with Crippen molar-refractivity contribution in [2.24, 2.45) is 11.8 Å². The Bertz CT molecular complexity index is 202. The number of hydrogen-bond donors (Lipinski definition) is 0. The number of likely N-dealkylation sites (tertiary alicyclic amines) is 1. The molecule has 0 bridgehead atoms. The first-order chi connectivity index (χ1) is 5.13. The average molecular weight is 153 g/mol. The average Bonchev–Trinajstić information content (AvgIpc) is 2.36. The van der Waals surface area contributed by atoms with E-state index in [1.165, 1.54) is 0 Å². The van der Waals surface area contributed by atoms with Crippen LogP contribution in [0.3, 0.4) is 0 Å². The first kappa shape index (κ1) is 7.29. The van der Waals surface area contributed by atoms with E-state index in [2.05, 4.69) is 18.9 Å². The minimum atomic E-state index is 0.237. The molecule has 4 atom stereocenters. The molecular formula is C9H15NO. The van der Waals surface area contributed by atoms with Gasteiger partial charge in [-0.25, -0.2) is 0 Å². The molecular weight excluding hydrogens is 138 g/mol. The van der Waals surface area contributed by atoms with E-state index >= 15 is 0 Å². The zero-order valence-corrected chi connectivity index (χ0v) is 7.37. The summed E-state index contributed by atoms with van der Waals surface area (Å²) in [5.41, 5.74) is 0. The van der Waals surface area contributed by atoms with Crippen molar-refractivity contribution < 1.29 is 4.79 Å². The van der Waals surface area contributed by atoms with E-state index in [-0.39, 0.29) is 6.04 Å². The third kappa shape index (κ3) is 0.853. The Morgan fingerprint density at radius 2 is 2.18 bits per heavy atom. The first-order valence-electron chi connectivity index (χ1n) is 4.35. The summed E-state index contributed by atoms with van der Waals surface area (Å²) in [6.07, 6.45) is 1.11. The van der Waals surface area contributed by atoms with Crippen LogP contribution in [-0.4, -0.2) is 29.8 Å². The van der Waals surface area contributed by atoms with Crippen molar-refractivity contribution in [2.45, 2.75) is 32.4 Å². The van der Waals surface area contributed by atoms with Gasteiger partial charge in [-0.3, -0.25) is 9.69 Å². The van der Waals surface area contributed by atoms with Crippen molar-refractivity contribution in [2.75, 3.05) is 7.05 Å². The zero-order chi connectivity index (χ0) is 8.17. The molecule has 2 nitrogen and oxygen atoms in total. The lowest BCUT2D eigenvalue weighted by Crippen LogP contribution is -2.35. The number of carbonyl (C=O) groups is 1. The molecule has 2 fully saturated rings. The van der Waals surface area contributed by atoms with Crippen molar-refractivity contribution in [3.63, 3.8) is 0 Å². The first-order valence-corrected chi connectivity index (χ1v) is 4.35. The number of hydrogen-bond acceptors (Lipinski definition) is 2. The number of piperidine rings is 1. The van der Waals surface area contributed by atoms with Crippen LogP contribution < -0.4 is 0 Å². The second-order valence-electron chi connectivity index (χ2n) is 4.04. The van der Waals surface area contributed by atoms with E-state index in [9.17, 15) is 4.79 Å². The normalized spacial score (nSPS) is 49.0. The molecule has 0 aromatic carbocycles. The highest BCUT2D eigenvalue weighted by molar-refractivity contribution is 5.82. The summed E-state index contributed by atoms with van der Waals surface area (Å²) in [5, 5.41) is 0. The van der Waals surface area contributed by atoms with Crippen molar-refractivity contribution in [1.82, 2.24) is 4.90 Å². The van der Waals surface area contributed by atoms with Crippen molar-refractivity contribution >= 4 is 5.78 Å². The highest BCUT2D eigenvalue weighted by Crippen LogP contribution is 2.52. The molecule has 11 heavy (non-hydrogen) atoms. The van der Waals surface area contributed by atoms with Crippen LogP contribution >= 0.6 is 0 Å². The number of nitrogens with zero attached hydrogens (tertiary/aromatic N) is 1. The van der Waals surface area contributed by atoms with Gasteiger partial charge in [0.1, 0.15) is 5.78 Å². The van der Waals surface area contributed by atoms with Crippen LogP contribution in [0.4, 0.5) is 0 Å². The Morgan fingerprint density at radius 3 is 2.55 bits per heavy atom. The van der Waals surface area contributed by atoms with Crippen LogP contribution in [0.5, 0.6) is 0 Å². The lowest BCUT2D eigenvalue weighted by Gasteiger charge is -2.21. The van der Waals surface area contributed by atoms with Crippen LogP contribution in [0.2, 0.25) is 0 Å². The number of ketones is 1. The monoisotopic (exact) mass is 153 g/mol. The number of carbonyl (C=O) groups excluding carboxylic acids is 1. The standard InChI is InChI=1S/C9H15NO/c1-5-7-4-8(6(2)11)10(3)9(5)7/h5,7-9H,4H2,1-3H3/t5-,7?,8-,9?/m0/s1. The third-order valence-corrected chi connectivity index (χ3v) is 3.44. The van der Waals surface area contributed by atoms with Crippen LogP contribution in [0.1, 0.15) is 20.3 Å². The fourth-order valence-corrected chi connectivity index (χ4v) is 2.63. The summed E-state index contributed by atoms with van der Waals surface area (Å²) in [6.45, 7) is 3.98. The second-order valence-corrected chi connectivity index (χ2v) is 4.04. The van der Waals surface area contributed by atoms with Crippen molar-refractivity contribution in [3.8, 4) is 0 Å². The zero-order valence-electron chi connectivity index (χ0n) is 7.37. The summed E-state index contributed by atoms with van der Waals surface area (Å²) in [6, 6.07) is 0.963. The predicted octanol–water partition coefficient (Wildman–Crippen LogP) is 0.914. The maximum Gasteiger partial charge on any atom is 0.146 e.